The Labute approximate surface area is 116 Å². The molecule has 0 aromatic heterocycles. The van der Waals surface area contributed by atoms with Gasteiger partial charge in [-0.15, -0.1) is 0 Å². The minimum atomic E-state index is 0.193. The molecule has 1 rings (SSSR count). The maximum atomic E-state index is 5.77. The monoisotopic (exact) mass is 267 g/mol. The van der Waals surface area contributed by atoms with E-state index < -0.39 is 0 Å². The van der Waals surface area contributed by atoms with Gasteiger partial charge in [-0.1, -0.05) is 18.2 Å². The van der Waals surface area contributed by atoms with E-state index >= 15 is 0 Å². The number of benzene rings is 1. The maximum absolute atomic E-state index is 5.77. The molecule has 0 unspecified atom stereocenters. The first-order chi connectivity index (χ1) is 9.24. The van der Waals surface area contributed by atoms with E-state index in [9.17, 15) is 0 Å². The fourth-order valence-electron chi connectivity index (χ4n) is 1.63. The van der Waals surface area contributed by atoms with Gasteiger partial charge in [-0.3, -0.25) is 0 Å². The summed E-state index contributed by atoms with van der Waals surface area (Å²) in [6.07, 6.45) is 0.193. The van der Waals surface area contributed by atoms with Crippen LogP contribution in [-0.4, -0.2) is 39.6 Å². The summed E-state index contributed by atoms with van der Waals surface area (Å²) in [6, 6.07) is 8.11. The van der Waals surface area contributed by atoms with Gasteiger partial charge in [-0.2, -0.15) is 0 Å². The van der Waals surface area contributed by atoms with E-state index in [1.807, 2.05) is 32.0 Å². The highest BCUT2D eigenvalue weighted by Gasteiger charge is 2.04. The second-order valence-corrected chi connectivity index (χ2v) is 4.56. The molecular formula is C15H25NO3. The minimum absolute atomic E-state index is 0.193. The molecule has 0 aliphatic carbocycles. The summed E-state index contributed by atoms with van der Waals surface area (Å²) in [7, 11) is 1.67. The number of rotatable bonds is 10. The van der Waals surface area contributed by atoms with Crippen molar-refractivity contribution in [2.75, 3.05) is 33.5 Å². The number of nitrogens with one attached hydrogen (secondary N) is 1. The lowest BCUT2D eigenvalue weighted by atomic mass is 10.2. The zero-order valence-electron chi connectivity index (χ0n) is 12.1. The van der Waals surface area contributed by atoms with Crippen LogP contribution in [0, 0.1) is 0 Å². The predicted octanol–water partition coefficient (Wildman–Crippen LogP) is 2.23. The smallest absolute Gasteiger partial charge is 0.124 e. The Balaban J connectivity index is 2.25. The summed E-state index contributed by atoms with van der Waals surface area (Å²) < 4.78 is 16.1. The normalized spacial score (nSPS) is 10.9. The van der Waals surface area contributed by atoms with Crippen molar-refractivity contribution in [1.82, 2.24) is 5.32 Å². The zero-order chi connectivity index (χ0) is 13.9. The molecule has 0 fully saturated rings. The Morgan fingerprint density at radius 1 is 1.11 bits per heavy atom. The molecule has 0 aliphatic heterocycles. The van der Waals surface area contributed by atoms with Gasteiger partial charge in [0.05, 0.1) is 25.9 Å². The first kappa shape index (κ1) is 16.0. The molecule has 4 heteroatoms. The molecule has 19 heavy (non-hydrogen) atoms. The molecule has 0 radical (unpaired) electrons. The summed E-state index contributed by atoms with van der Waals surface area (Å²) in [4.78, 5) is 0. The summed E-state index contributed by atoms with van der Waals surface area (Å²) in [6.45, 7) is 7.66. The van der Waals surface area contributed by atoms with E-state index in [4.69, 9.17) is 14.2 Å². The van der Waals surface area contributed by atoms with Crippen molar-refractivity contribution in [2.45, 2.75) is 26.5 Å². The van der Waals surface area contributed by atoms with E-state index in [2.05, 4.69) is 11.4 Å². The second kappa shape index (κ2) is 9.78. The number of hydrogen-bond acceptors (Lipinski definition) is 4. The molecular weight excluding hydrogens is 242 g/mol. The number of methoxy groups -OCH3 is 1. The Bertz CT molecular complexity index is 342. The van der Waals surface area contributed by atoms with E-state index in [1.165, 1.54) is 5.56 Å². The number of hydrogen-bond donors (Lipinski definition) is 1. The topological polar surface area (TPSA) is 39.7 Å². The fraction of sp³-hybridized carbons (Fsp3) is 0.600. The average molecular weight is 267 g/mol. The summed E-state index contributed by atoms with van der Waals surface area (Å²) in [5.74, 6) is 0.949. The first-order valence-electron chi connectivity index (χ1n) is 6.76. The van der Waals surface area contributed by atoms with E-state index in [0.717, 1.165) is 18.8 Å². The molecule has 0 amide bonds. The number of ether oxygens (including phenoxy) is 3. The molecule has 1 aromatic carbocycles. The van der Waals surface area contributed by atoms with Crippen LogP contribution in [0.2, 0.25) is 0 Å². The van der Waals surface area contributed by atoms with E-state index in [0.29, 0.717) is 19.8 Å². The van der Waals surface area contributed by atoms with Crippen molar-refractivity contribution in [3.63, 3.8) is 0 Å². The molecule has 1 aromatic rings. The van der Waals surface area contributed by atoms with Gasteiger partial charge >= 0.3 is 0 Å². The standard InChI is InChI=1S/C15H25NO3/c1-13(2)19-15-7-5-4-6-14(15)12-16-8-9-18-11-10-17-3/h4-7,13,16H,8-12H2,1-3H3. The van der Waals surface area contributed by atoms with Crippen LogP contribution in [0.5, 0.6) is 5.75 Å². The number of para-hydroxylation sites is 1. The lowest BCUT2D eigenvalue weighted by Crippen LogP contribution is -2.21. The van der Waals surface area contributed by atoms with Gasteiger partial charge in [0.25, 0.3) is 0 Å². The Kier molecular flexibility index (Phi) is 8.21. The van der Waals surface area contributed by atoms with Gasteiger partial charge in [-0.05, 0) is 19.9 Å². The Hall–Kier alpha value is -1.10. The third kappa shape index (κ3) is 7.15. The molecule has 0 aliphatic rings. The average Bonchev–Trinajstić information content (AvgIpc) is 2.39. The van der Waals surface area contributed by atoms with Gasteiger partial charge in [-0.25, -0.2) is 0 Å². The minimum Gasteiger partial charge on any atom is -0.491 e. The zero-order valence-corrected chi connectivity index (χ0v) is 12.1. The quantitative estimate of drug-likeness (QED) is 0.660. The van der Waals surface area contributed by atoms with Crippen molar-refractivity contribution in [2.24, 2.45) is 0 Å². The van der Waals surface area contributed by atoms with Crippen molar-refractivity contribution >= 4 is 0 Å². The lowest BCUT2D eigenvalue weighted by molar-refractivity contribution is 0.0719. The van der Waals surface area contributed by atoms with Gasteiger partial charge in [0.2, 0.25) is 0 Å². The largest absolute Gasteiger partial charge is 0.491 e. The van der Waals surface area contributed by atoms with Crippen LogP contribution >= 0.6 is 0 Å². The van der Waals surface area contributed by atoms with Gasteiger partial charge in [0.15, 0.2) is 0 Å². The molecule has 4 nitrogen and oxygen atoms in total. The van der Waals surface area contributed by atoms with Crippen molar-refractivity contribution in [1.29, 1.82) is 0 Å². The fourth-order valence-corrected chi connectivity index (χ4v) is 1.63. The van der Waals surface area contributed by atoms with Gasteiger partial charge < -0.3 is 19.5 Å². The van der Waals surface area contributed by atoms with E-state index in [1.54, 1.807) is 7.11 Å². The predicted molar refractivity (Wildman–Crippen MR) is 76.6 cm³/mol. The summed E-state index contributed by atoms with van der Waals surface area (Å²) in [5.41, 5.74) is 1.17. The lowest BCUT2D eigenvalue weighted by Gasteiger charge is -2.14. The third-order valence-corrected chi connectivity index (χ3v) is 2.51. The molecule has 0 bridgehead atoms. The van der Waals surface area contributed by atoms with Crippen LogP contribution in [0.4, 0.5) is 0 Å². The van der Waals surface area contributed by atoms with Crippen LogP contribution in [-0.2, 0) is 16.0 Å². The SMILES string of the molecule is COCCOCCNCc1ccccc1OC(C)C. The second-order valence-electron chi connectivity index (χ2n) is 4.56. The van der Waals surface area contributed by atoms with Gasteiger partial charge in [0, 0.05) is 25.8 Å². The molecule has 108 valence electrons. The molecule has 0 spiro atoms. The van der Waals surface area contributed by atoms with Gasteiger partial charge in [0.1, 0.15) is 5.75 Å². The Morgan fingerprint density at radius 3 is 2.63 bits per heavy atom. The third-order valence-electron chi connectivity index (χ3n) is 2.51. The first-order valence-corrected chi connectivity index (χ1v) is 6.76. The molecule has 0 heterocycles. The van der Waals surface area contributed by atoms with Crippen LogP contribution in [0.3, 0.4) is 0 Å². The van der Waals surface area contributed by atoms with Crippen molar-refractivity contribution in [3.05, 3.63) is 29.8 Å². The van der Waals surface area contributed by atoms with E-state index in [-0.39, 0.29) is 6.10 Å². The molecule has 0 atom stereocenters. The molecule has 1 N–H and O–H groups in total. The highest BCUT2D eigenvalue weighted by atomic mass is 16.5. The highest BCUT2D eigenvalue weighted by Crippen LogP contribution is 2.18. The Morgan fingerprint density at radius 2 is 1.89 bits per heavy atom. The summed E-state index contributed by atoms with van der Waals surface area (Å²) in [5, 5.41) is 3.35. The van der Waals surface area contributed by atoms with Crippen LogP contribution < -0.4 is 10.1 Å². The van der Waals surface area contributed by atoms with Crippen LogP contribution in [0.15, 0.2) is 24.3 Å². The highest BCUT2D eigenvalue weighted by molar-refractivity contribution is 5.33. The molecule has 0 saturated heterocycles. The summed E-state index contributed by atoms with van der Waals surface area (Å²) >= 11 is 0. The maximum Gasteiger partial charge on any atom is 0.124 e. The molecule has 0 saturated carbocycles. The van der Waals surface area contributed by atoms with Crippen LogP contribution in [0.25, 0.3) is 0 Å². The van der Waals surface area contributed by atoms with Crippen LogP contribution in [0.1, 0.15) is 19.4 Å². The van der Waals surface area contributed by atoms with Crippen molar-refractivity contribution in [3.8, 4) is 5.75 Å². The van der Waals surface area contributed by atoms with Crippen molar-refractivity contribution < 1.29 is 14.2 Å².